The number of likely N-dealkylation sites (N-methyl/N-ethyl adjacent to an activating group) is 1. The minimum Gasteiger partial charge on any atom is -0.378 e. The maximum atomic E-state index is 5.57. The van der Waals surface area contributed by atoms with Gasteiger partial charge in [0.1, 0.15) is 5.82 Å². The highest BCUT2D eigenvalue weighted by Crippen LogP contribution is 2.26. The Morgan fingerprint density at radius 3 is 2.74 bits per heavy atom. The van der Waals surface area contributed by atoms with Gasteiger partial charge in [0.15, 0.2) is 11.5 Å². The van der Waals surface area contributed by atoms with E-state index < -0.39 is 0 Å². The molecule has 0 aliphatic carbocycles. The Hall–Kier alpha value is -3.17. The Bertz CT molecular complexity index is 1170. The summed E-state index contributed by atoms with van der Waals surface area (Å²) >= 11 is 0. The molecular weight excluding hydrogens is 392 g/mol. The van der Waals surface area contributed by atoms with Crippen LogP contribution in [0.5, 0.6) is 0 Å². The number of nitrogens with zero attached hydrogens (tertiary/aromatic N) is 7. The summed E-state index contributed by atoms with van der Waals surface area (Å²) in [5.41, 5.74) is 4.00. The summed E-state index contributed by atoms with van der Waals surface area (Å²) < 4.78 is 9.42. The molecule has 0 spiro atoms. The van der Waals surface area contributed by atoms with Gasteiger partial charge >= 0.3 is 0 Å². The highest BCUT2D eigenvalue weighted by Gasteiger charge is 2.23. The zero-order valence-corrected chi connectivity index (χ0v) is 17.6. The maximum absolute atomic E-state index is 5.57. The summed E-state index contributed by atoms with van der Waals surface area (Å²) in [5, 5.41) is 13.0. The number of fused-ring (bicyclic) bond motifs is 1. The topological polar surface area (TPSA) is 75.8 Å². The quantitative estimate of drug-likeness (QED) is 0.684. The maximum Gasteiger partial charge on any atom is 0.160 e. The van der Waals surface area contributed by atoms with Gasteiger partial charge in [-0.15, -0.1) is 0 Å². The molecule has 160 valence electrons. The van der Waals surface area contributed by atoms with Crippen molar-refractivity contribution >= 4 is 17.0 Å². The lowest BCUT2D eigenvalue weighted by Crippen LogP contribution is -2.40. The Kier molecular flexibility index (Phi) is 4.50. The normalized spacial score (nSPS) is 19.7. The van der Waals surface area contributed by atoms with Crippen LogP contribution in [-0.2, 0) is 4.74 Å². The number of allylic oxidation sites excluding steroid dienone is 2. The summed E-state index contributed by atoms with van der Waals surface area (Å²) in [6.45, 7) is 5.96. The summed E-state index contributed by atoms with van der Waals surface area (Å²) in [4.78, 5) is 9.37. The number of hydrogen-bond acceptors (Lipinski definition) is 7. The molecule has 2 saturated heterocycles. The zero-order valence-electron chi connectivity index (χ0n) is 17.6. The minimum absolute atomic E-state index is 0.494. The molecule has 0 bridgehead atoms. The van der Waals surface area contributed by atoms with Gasteiger partial charge in [0.2, 0.25) is 0 Å². The fraction of sp³-hybridized carbons (Fsp3) is 0.409. The second-order valence-corrected chi connectivity index (χ2v) is 8.33. The summed E-state index contributed by atoms with van der Waals surface area (Å²) in [6, 6.07) is 6.25. The lowest BCUT2D eigenvalue weighted by atomic mass is 10.0. The van der Waals surface area contributed by atoms with Gasteiger partial charge in [-0.05, 0) is 18.3 Å². The van der Waals surface area contributed by atoms with Gasteiger partial charge < -0.3 is 19.9 Å². The van der Waals surface area contributed by atoms with Crippen molar-refractivity contribution in [2.75, 3.05) is 57.9 Å². The van der Waals surface area contributed by atoms with E-state index in [1.54, 1.807) is 0 Å². The van der Waals surface area contributed by atoms with Crippen LogP contribution in [0.4, 0.5) is 5.82 Å². The molecule has 3 aromatic rings. The number of rotatable bonds is 4. The van der Waals surface area contributed by atoms with Crippen LogP contribution in [0, 0.1) is 0 Å². The monoisotopic (exact) mass is 418 g/mol. The molecule has 0 radical (unpaired) electrons. The van der Waals surface area contributed by atoms with Crippen LogP contribution < -0.4 is 10.2 Å². The third-order valence-corrected chi connectivity index (χ3v) is 6.18. The van der Waals surface area contributed by atoms with Crippen molar-refractivity contribution in [1.82, 2.24) is 34.6 Å². The molecule has 3 aliphatic heterocycles. The number of aromatic nitrogens is 5. The highest BCUT2D eigenvalue weighted by atomic mass is 16.5. The van der Waals surface area contributed by atoms with E-state index >= 15 is 0 Å². The van der Waals surface area contributed by atoms with E-state index in [-0.39, 0.29) is 0 Å². The van der Waals surface area contributed by atoms with Crippen LogP contribution in [0.2, 0.25) is 0 Å². The van der Waals surface area contributed by atoms with Crippen molar-refractivity contribution in [2.45, 2.75) is 5.92 Å². The Labute approximate surface area is 180 Å². The van der Waals surface area contributed by atoms with Crippen molar-refractivity contribution in [2.24, 2.45) is 0 Å². The summed E-state index contributed by atoms with van der Waals surface area (Å²) in [5.74, 6) is 2.33. The second-order valence-electron chi connectivity index (χ2n) is 8.33. The molecule has 6 heterocycles. The van der Waals surface area contributed by atoms with Crippen molar-refractivity contribution in [3.8, 4) is 5.82 Å². The largest absolute Gasteiger partial charge is 0.378 e. The Morgan fingerprint density at radius 1 is 1.13 bits per heavy atom. The fourth-order valence-electron chi connectivity index (χ4n) is 4.17. The molecule has 0 aromatic carbocycles. The molecule has 1 N–H and O–H groups in total. The average Bonchev–Trinajstić information content (AvgIpc) is 3.40. The van der Waals surface area contributed by atoms with Crippen LogP contribution in [0.15, 0.2) is 42.7 Å². The van der Waals surface area contributed by atoms with Crippen molar-refractivity contribution < 1.29 is 4.74 Å². The SMILES string of the molecule is CN1C=CC(c2cc3nc(-n4ccc(C5CNC5)n4)cc(N4CCOCC4)n3n2)=CC1. The van der Waals surface area contributed by atoms with Gasteiger partial charge in [-0.25, -0.2) is 9.67 Å². The highest BCUT2D eigenvalue weighted by molar-refractivity contribution is 5.75. The molecule has 0 saturated carbocycles. The van der Waals surface area contributed by atoms with Crippen LogP contribution in [-0.4, -0.2) is 82.3 Å². The average molecular weight is 419 g/mol. The van der Waals surface area contributed by atoms with E-state index in [1.165, 1.54) is 0 Å². The number of hydrogen-bond donors (Lipinski definition) is 1. The first-order valence-corrected chi connectivity index (χ1v) is 10.8. The Balaban J connectivity index is 1.44. The molecule has 3 aliphatic rings. The smallest absolute Gasteiger partial charge is 0.160 e. The second kappa shape index (κ2) is 7.51. The van der Waals surface area contributed by atoms with Crippen LogP contribution in [0.3, 0.4) is 0 Å². The molecule has 9 heteroatoms. The first kappa shape index (κ1) is 18.6. The number of morpholine rings is 1. The van der Waals surface area contributed by atoms with E-state index in [9.17, 15) is 0 Å². The standard InChI is InChI=1S/C22H26N8O/c1-27-5-2-16(3-6-27)19-12-21-24-20(29-7-4-18(25-29)17-14-23-15-17)13-22(30(21)26-19)28-8-10-31-11-9-28/h2-5,7,12-13,17,23H,6,8-11,14-15H2,1H3. The minimum atomic E-state index is 0.494. The molecule has 3 aromatic heterocycles. The van der Waals surface area contributed by atoms with Crippen LogP contribution in [0.1, 0.15) is 17.3 Å². The molecule has 6 rings (SSSR count). The number of ether oxygens (including phenoxy) is 1. The van der Waals surface area contributed by atoms with Gasteiger partial charge in [0, 0.05) is 69.6 Å². The van der Waals surface area contributed by atoms with E-state index in [1.807, 2.05) is 15.4 Å². The molecule has 31 heavy (non-hydrogen) atoms. The van der Waals surface area contributed by atoms with E-state index in [0.29, 0.717) is 19.1 Å². The zero-order chi connectivity index (χ0) is 20.8. The van der Waals surface area contributed by atoms with Crippen molar-refractivity contribution in [3.05, 3.63) is 54.1 Å². The molecule has 0 atom stereocenters. The third kappa shape index (κ3) is 3.39. The van der Waals surface area contributed by atoms with Gasteiger partial charge in [0.25, 0.3) is 0 Å². The van der Waals surface area contributed by atoms with Gasteiger partial charge in [-0.1, -0.05) is 6.08 Å². The lowest BCUT2D eigenvalue weighted by molar-refractivity contribution is 0.122. The first-order valence-electron chi connectivity index (χ1n) is 10.8. The van der Waals surface area contributed by atoms with Gasteiger partial charge in [-0.2, -0.15) is 14.7 Å². The van der Waals surface area contributed by atoms with Crippen molar-refractivity contribution in [3.63, 3.8) is 0 Å². The summed E-state index contributed by atoms with van der Waals surface area (Å²) in [6.07, 6.45) is 8.40. The molecule has 9 nitrogen and oxygen atoms in total. The molecule has 0 unspecified atom stereocenters. The fourth-order valence-corrected chi connectivity index (χ4v) is 4.17. The molecular formula is C22H26N8O. The van der Waals surface area contributed by atoms with Crippen molar-refractivity contribution in [1.29, 1.82) is 0 Å². The Morgan fingerprint density at radius 2 is 2.00 bits per heavy atom. The lowest BCUT2D eigenvalue weighted by Gasteiger charge is -2.29. The predicted octanol–water partition coefficient (Wildman–Crippen LogP) is 1.28. The van der Waals surface area contributed by atoms with E-state index in [2.05, 4.69) is 58.7 Å². The first-order chi connectivity index (χ1) is 15.2. The summed E-state index contributed by atoms with van der Waals surface area (Å²) in [7, 11) is 2.07. The predicted molar refractivity (Wildman–Crippen MR) is 118 cm³/mol. The molecule has 0 amide bonds. The van der Waals surface area contributed by atoms with E-state index in [0.717, 1.165) is 67.0 Å². The van der Waals surface area contributed by atoms with Crippen LogP contribution in [0.25, 0.3) is 17.0 Å². The van der Waals surface area contributed by atoms with Crippen LogP contribution >= 0.6 is 0 Å². The van der Waals surface area contributed by atoms with E-state index in [4.69, 9.17) is 19.9 Å². The number of anilines is 1. The van der Waals surface area contributed by atoms with Gasteiger partial charge in [-0.3, -0.25) is 0 Å². The third-order valence-electron chi connectivity index (χ3n) is 6.18. The molecule has 2 fully saturated rings. The van der Waals surface area contributed by atoms with Gasteiger partial charge in [0.05, 0.1) is 24.6 Å². The number of nitrogens with one attached hydrogen (secondary N) is 1.